The largest absolute Gasteiger partial charge is 0.490 e. The van der Waals surface area contributed by atoms with Crippen molar-refractivity contribution in [3.05, 3.63) is 95.8 Å². The molecule has 1 fully saturated rings. The summed E-state index contributed by atoms with van der Waals surface area (Å²) < 4.78 is 55.5. The van der Waals surface area contributed by atoms with Crippen LogP contribution in [0, 0.1) is 23.4 Å². The maximum Gasteiger partial charge on any atom is 0.165 e. The SMILES string of the molecule is C=CCCOc1ccc(-c2ccc(OCc3ccc(C4CCC(C(O)CCC)CC4)c(F)c3F)cc2)cc1F. The summed E-state index contributed by atoms with van der Waals surface area (Å²) in [5.74, 6) is -1.22. The summed E-state index contributed by atoms with van der Waals surface area (Å²) in [5, 5.41) is 10.3. The molecule has 0 radical (unpaired) electrons. The van der Waals surface area contributed by atoms with E-state index in [0.717, 1.165) is 44.1 Å². The van der Waals surface area contributed by atoms with E-state index in [-0.39, 0.29) is 35.9 Å². The van der Waals surface area contributed by atoms with E-state index in [2.05, 4.69) is 13.5 Å². The predicted molar refractivity (Wildman–Crippen MR) is 148 cm³/mol. The van der Waals surface area contributed by atoms with Gasteiger partial charge in [-0.05, 0) is 91.3 Å². The molecule has 4 rings (SSSR count). The van der Waals surface area contributed by atoms with Crippen molar-refractivity contribution < 1.29 is 27.8 Å². The summed E-state index contributed by atoms with van der Waals surface area (Å²) in [6.07, 6.45) is 6.92. The Morgan fingerprint density at radius 1 is 0.923 bits per heavy atom. The van der Waals surface area contributed by atoms with Gasteiger partial charge in [-0.2, -0.15) is 0 Å². The standard InChI is InChI=1S/C33H37F3O3/c1-3-5-19-38-31-18-14-25(20-29(31)34)22-11-15-27(16-12-22)39-21-26-13-17-28(33(36)32(26)35)23-7-9-24(10-8-23)30(37)6-4-2/h3,11-18,20,23-24,30,37H,1,4-10,19,21H2,2H3. The average molecular weight is 539 g/mol. The number of ether oxygens (including phenoxy) is 2. The van der Waals surface area contributed by atoms with Crippen molar-refractivity contribution in [3.8, 4) is 22.6 Å². The van der Waals surface area contributed by atoms with Crippen LogP contribution in [0.1, 0.15) is 68.9 Å². The van der Waals surface area contributed by atoms with E-state index in [1.807, 2.05) is 0 Å². The number of aliphatic hydroxyl groups is 1. The van der Waals surface area contributed by atoms with Crippen LogP contribution in [0.15, 0.2) is 67.3 Å². The highest BCUT2D eigenvalue weighted by molar-refractivity contribution is 5.65. The molecule has 0 aromatic heterocycles. The zero-order chi connectivity index (χ0) is 27.8. The van der Waals surface area contributed by atoms with Gasteiger partial charge in [0.1, 0.15) is 12.4 Å². The van der Waals surface area contributed by atoms with Crippen LogP contribution in [-0.2, 0) is 6.61 Å². The lowest BCUT2D eigenvalue weighted by Crippen LogP contribution is -2.25. The summed E-state index contributed by atoms with van der Waals surface area (Å²) >= 11 is 0. The molecule has 1 N–H and O–H groups in total. The highest BCUT2D eigenvalue weighted by Gasteiger charge is 2.29. The quantitative estimate of drug-likeness (QED) is 0.185. The Morgan fingerprint density at radius 2 is 1.64 bits per heavy atom. The first kappa shape index (κ1) is 28.8. The zero-order valence-electron chi connectivity index (χ0n) is 22.5. The first-order valence-corrected chi connectivity index (χ1v) is 13.8. The number of aliphatic hydroxyl groups excluding tert-OH is 1. The van der Waals surface area contributed by atoms with Crippen LogP contribution in [0.25, 0.3) is 11.1 Å². The van der Waals surface area contributed by atoms with E-state index in [1.165, 1.54) is 6.07 Å². The molecule has 3 aromatic rings. The number of rotatable bonds is 12. The predicted octanol–water partition coefficient (Wildman–Crippen LogP) is 8.74. The highest BCUT2D eigenvalue weighted by Crippen LogP contribution is 2.39. The van der Waals surface area contributed by atoms with Crippen molar-refractivity contribution in [2.24, 2.45) is 5.92 Å². The zero-order valence-corrected chi connectivity index (χ0v) is 22.5. The van der Waals surface area contributed by atoms with Crippen molar-refractivity contribution >= 4 is 0 Å². The van der Waals surface area contributed by atoms with Crippen LogP contribution >= 0.6 is 0 Å². The Balaban J connectivity index is 1.34. The molecule has 0 saturated heterocycles. The summed E-state index contributed by atoms with van der Waals surface area (Å²) in [4.78, 5) is 0. The number of hydrogen-bond donors (Lipinski definition) is 1. The minimum absolute atomic E-state index is 0.0373. The van der Waals surface area contributed by atoms with Crippen LogP contribution in [0.3, 0.4) is 0 Å². The van der Waals surface area contributed by atoms with Crippen LogP contribution in [0.5, 0.6) is 11.5 Å². The summed E-state index contributed by atoms with van der Waals surface area (Å²) in [7, 11) is 0. The molecular formula is C33H37F3O3. The van der Waals surface area contributed by atoms with E-state index in [1.54, 1.807) is 54.6 Å². The Labute approximate surface area is 229 Å². The fourth-order valence-corrected chi connectivity index (χ4v) is 5.33. The summed E-state index contributed by atoms with van der Waals surface area (Å²) in [5.41, 5.74) is 2.04. The van der Waals surface area contributed by atoms with Crippen molar-refractivity contribution in [2.75, 3.05) is 6.61 Å². The van der Waals surface area contributed by atoms with Gasteiger partial charge < -0.3 is 14.6 Å². The fourth-order valence-electron chi connectivity index (χ4n) is 5.33. The van der Waals surface area contributed by atoms with Gasteiger partial charge in [-0.25, -0.2) is 13.2 Å². The molecule has 39 heavy (non-hydrogen) atoms. The third-order valence-electron chi connectivity index (χ3n) is 7.63. The van der Waals surface area contributed by atoms with Crippen molar-refractivity contribution in [1.82, 2.24) is 0 Å². The van der Waals surface area contributed by atoms with Gasteiger partial charge in [-0.1, -0.05) is 49.8 Å². The van der Waals surface area contributed by atoms with Crippen LogP contribution in [0.4, 0.5) is 13.2 Å². The maximum atomic E-state index is 15.0. The van der Waals surface area contributed by atoms with Gasteiger partial charge in [0.2, 0.25) is 0 Å². The molecule has 1 aliphatic rings. The Morgan fingerprint density at radius 3 is 2.31 bits per heavy atom. The Kier molecular flexibility index (Phi) is 10.1. The molecule has 3 nitrogen and oxygen atoms in total. The van der Waals surface area contributed by atoms with Crippen LogP contribution in [0.2, 0.25) is 0 Å². The van der Waals surface area contributed by atoms with Gasteiger partial charge in [0, 0.05) is 5.56 Å². The van der Waals surface area contributed by atoms with Crippen molar-refractivity contribution in [2.45, 2.75) is 70.5 Å². The third-order valence-corrected chi connectivity index (χ3v) is 7.63. The third kappa shape index (κ3) is 7.24. The topological polar surface area (TPSA) is 38.7 Å². The first-order chi connectivity index (χ1) is 18.9. The van der Waals surface area contributed by atoms with Gasteiger partial charge in [-0.3, -0.25) is 0 Å². The lowest BCUT2D eigenvalue weighted by atomic mass is 9.76. The monoisotopic (exact) mass is 538 g/mol. The second-order valence-electron chi connectivity index (χ2n) is 10.3. The number of halogens is 3. The van der Waals surface area contributed by atoms with Gasteiger partial charge in [0.15, 0.2) is 23.2 Å². The molecule has 1 aliphatic carbocycles. The highest BCUT2D eigenvalue weighted by atomic mass is 19.2. The molecule has 1 unspecified atom stereocenters. The minimum atomic E-state index is -0.872. The van der Waals surface area contributed by atoms with Crippen molar-refractivity contribution in [1.29, 1.82) is 0 Å². The van der Waals surface area contributed by atoms with E-state index in [9.17, 15) is 13.9 Å². The second-order valence-corrected chi connectivity index (χ2v) is 10.3. The molecular weight excluding hydrogens is 501 g/mol. The van der Waals surface area contributed by atoms with E-state index < -0.39 is 17.5 Å². The number of benzene rings is 3. The number of hydrogen-bond acceptors (Lipinski definition) is 3. The van der Waals surface area contributed by atoms with E-state index in [4.69, 9.17) is 9.47 Å². The molecule has 6 heteroatoms. The molecule has 1 saturated carbocycles. The van der Waals surface area contributed by atoms with Crippen LogP contribution in [-0.4, -0.2) is 17.8 Å². The van der Waals surface area contributed by atoms with E-state index in [0.29, 0.717) is 29.9 Å². The summed E-state index contributed by atoms with van der Waals surface area (Å²) in [6.45, 7) is 5.93. The normalized spacial score (nSPS) is 18.0. The lowest BCUT2D eigenvalue weighted by Gasteiger charge is -2.32. The Hall–Kier alpha value is -3.25. The summed E-state index contributed by atoms with van der Waals surface area (Å²) in [6, 6.07) is 15.1. The molecule has 0 aliphatic heterocycles. The lowest BCUT2D eigenvalue weighted by molar-refractivity contribution is 0.0727. The van der Waals surface area contributed by atoms with Crippen LogP contribution < -0.4 is 9.47 Å². The molecule has 0 heterocycles. The molecule has 0 spiro atoms. The maximum absolute atomic E-state index is 15.0. The van der Waals surface area contributed by atoms with Gasteiger partial charge >= 0.3 is 0 Å². The smallest absolute Gasteiger partial charge is 0.165 e. The first-order valence-electron chi connectivity index (χ1n) is 13.8. The fraction of sp³-hybridized carbons (Fsp3) is 0.394. The second kappa shape index (κ2) is 13.7. The Bertz CT molecular complexity index is 1230. The average Bonchev–Trinajstić information content (AvgIpc) is 2.95. The molecule has 0 amide bonds. The minimum Gasteiger partial charge on any atom is -0.490 e. The molecule has 3 aromatic carbocycles. The van der Waals surface area contributed by atoms with E-state index >= 15 is 4.39 Å². The van der Waals surface area contributed by atoms with Crippen molar-refractivity contribution in [3.63, 3.8) is 0 Å². The molecule has 208 valence electrons. The van der Waals surface area contributed by atoms with Gasteiger partial charge in [-0.15, -0.1) is 6.58 Å². The van der Waals surface area contributed by atoms with Gasteiger partial charge in [0.05, 0.1) is 12.7 Å². The molecule has 0 bridgehead atoms. The van der Waals surface area contributed by atoms with Gasteiger partial charge in [0.25, 0.3) is 0 Å². The molecule has 1 atom stereocenters.